The first-order valence-electron chi connectivity index (χ1n) is 9.61. The molecule has 1 aromatic heterocycles. The van der Waals surface area contributed by atoms with Gasteiger partial charge in [0.1, 0.15) is 24.0 Å². The van der Waals surface area contributed by atoms with Gasteiger partial charge in [-0.3, -0.25) is 4.79 Å². The largest absolute Gasteiger partial charge is 0.394 e. The maximum absolute atomic E-state index is 12.5. The number of nitrogens with one attached hydrogen (secondary N) is 2. The van der Waals surface area contributed by atoms with Crippen LogP contribution in [0.25, 0.3) is 11.1 Å². The number of hydrazone groups is 1. The second-order valence-electron chi connectivity index (χ2n) is 6.96. The van der Waals surface area contributed by atoms with Crippen molar-refractivity contribution in [2.75, 3.05) is 6.61 Å². The van der Waals surface area contributed by atoms with Gasteiger partial charge in [0.15, 0.2) is 5.82 Å². The van der Waals surface area contributed by atoms with Crippen LogP contribution in [0.15, 0.2) is 65.9 Å². The summed E-state index contributed by atoms with van der Waals surface area (Å²) in [5.41, 5.74) is 5.27. The Labute approximate surface area is 178 Å². The van der Waals surface area contributed by atoms with Crippen LogP contribution in [0.3, 0.4) is 0 Å². The highest BCUT2D eigenvalue weighted by molar-refractivity contribution is 5.99. The SMILES string of the molecule is C/C(=N/NC(=O)c1cccc(-c2ccccc2)c1)c1ncc(C(O)C(O)C(O)CO)[nH]1. The van der Waals surface area contributed by atoms with Crippen molar-refractivity contribution in [3.8, 4) is 11.1 Å². The van der Waals surface area contributed by atoms with Gasteiger partial charge in [0.25, 0.3) is 5.91 Å². The number of nitrogens with zero attached hydrogens (tertiary/aromatic N) is 2. The van der Waals surface area contributed by atoms with E-state index in [4.69, 9.17) is 5.11 Å². The number of imidazole rings is 1. The predicted molar refractivity (Wildman–Crippen MR) is 114 cm³/mol. The Kier molecular flexibility index (Phi) is 7.27. The summed E-state index contributed by atoms with van der Waals surface area (Å²) in [5.74, 6) is -0.136. The van der Waals surface area contributed by atoms with Gasteiger partial charge < -0.3 is 25.4 Å². The fourth-order valence-electron chi connectivity index (χ4n) is 2.89. The molecule has 0 fully saturated rings. The summed E-state index contributed by atoms with van der Waals surface area (Å²) >= 11 is 0. The Morgan fingerprint density at radius 1 is 1.10 bits per heavy atom. The minimum absolute atomic E-state index is 0.131. The molecule has 3 unspecified atom stereocenters. The summed E-state index contributed by atoms with van der Waals surface area (Å²) < 4.78 is 0. The van der Waals surface area contributed by atoms with Crippen molar-refractivity contribution in [2.45, 2.75) is 25.2 Å². The zero-order valence-corrected chi connectivity index (χ0v) is 16.8. The van der Waals surface area contributed by atoms with E-state index in [0.717, 1.165) is 11.1 Å². The summed E-state index contributed by atoms with van der Waals surface area (Å²) in [6, 6.07) is 16.8. The fourth-order valence-corrected chi connectivity index (χ4v) is 2.89. The maximum Gasteiger partial charge on any atom is 0.271 e. The average molecular weight is 424 g/mol. The first kappa shape index (κ1) is 22.3. The van der Waals surface area contributed by atoms with Gasteiger partial charge in [-0.1, -0.05) is 42.5 Å². The summed E-state index contributed by atoms with van der Waals surface area (Å²) in [6.07, 6.45) is -3.29. The molecule has 0 aliphatic carbocycles. The number of carbonyl (C=O) groups excluding carboxylic acids is 1. The summed E-state index contributed by atoms with van der Waals surface area (Å²) in [4.78, 5) is 19.3. The molecule has 1 heterocycles. The number of hydrogen-bond acceptors (Lipinski definition) is 7. The highest BCUT2D eigenvalue weighted by Crippen LogP contribution is 2.20. The molecule has 6 N–H and O–H groups in total. The lowest BCUT2D eigenvalue weighted by atomic mass is 10.0. The minimum atomic E-state index is -1.59. The lowest BCUT2D eigenvalue weighted by molar-refractivity contribution is -0.0788. The molecule has 9 nitrogen and oxygen atoms in total. The van der Waals surface area contributed by atoms with E-state index in [1.54, 1.807) is 25.1 Å². The van der Waals surface area contributed by atoms with Gasteiger partial charge >= 0.3 is 0 Å². The molecule has 0 aliphatic rings. The topological polar surface area (TPSA) is 151 Å². The van der Waals surface area contributed by atoms with Crippen molar-refractivity contribution in [3.05, 3.63) is 77.9 Å². The number of carbonyl (C=O) groups is 1. The highest BCUT2D eigenvalue weighted by Gasteiger charge is 2.27. The summed E-state index contributed by atoms with van der Waals surface area (Å²) in [5, 5.41) is 42.2. The molecule has 0 bridgehead atoms. The van der Waals surface area contributed by atoms with Gasteiger partial charge in [-0.2, -0.15) is 5.10 Å². The second kappa shape index (κ2) is 10.1. The molecule has 1 amide bonds. The molecule has 0 saturated heterocycles. The number of rotatable bonds is 8. The second-order valence-corrected chi connectivity index (χ2v) is 6.96. The lowest BCUT2D eigenvalue weighted by Gasteiger charge is -2.20. The fraction of sp³-hybridized carbons (Fsp3) is 0.227. The predicted octanol–water partition coefficient (Wildman–Crippen LogP) is 0.978. The number of amides is 1. The molecule has 9 heteroatoms. The van der Waals surface area contributed by atoms with Gasteiger partial charge in [0, 0.05) is 5.56 Å². The molecule has 3 aromatic rings. The first-order valence-corrected chi connectivity index (χ1v) is 9.61. The van der Waals surface area contributed by atoms with E-state index in [2.05, 4.69) is 20.5 Å². The van der Waals surface area contributed by atoms with E-state index < -0.39 is 30.8 Å². The Balaban J connectivity index is 1.68. The molecular weight excluding hydrogens is 400 g/mol. The van der Waals surface area contributed by atoms with Gasteiger partial charge in [-0.25, -0.2) is 10.4 Å². The number of aliphatic hydroxyl groups excluding tert-OH is 4. The number of aliphatic hydroxyl groups is 4. The molecule has 0 spiro atoms. The number of benzene rings is 2. The number of H-pyrrole nitrogens is 1. The Morgan fingerprint density at radius 3 is 2.52 bits per heavy atom. The molecule has 31 heavy (non-hydrogen) atoms. The van der Waals surface area contributed by atoms with Crippen molar-refractivity contribution in [1.82, 2.24) is 15.4 Å². The highest BCUT2D eigenvalue weighted by atomic mass is 16.4. The monoisotopic (exact) mass is 424 g/mol. The minimum Gasteiger partial charge on any atom is -0.394 e. The van der Waals surface area contributed by atoms with E-state index in [1.807, 2.05) is 36.4 Å². The third-order valence-corrected chi connectivity index (χ3v) is 4.72. The van der Waals surface area contributed by atoms with Crippen LogP contribution >= 0.6 is 0 Å². The standard InChI is InChI=1S/C22H24N4O5/c1-13(21-23-11-17(24-21)19(29)20(30)18(28)12-27)25-26-22(31)16-9-5-8-15(10-16)14-6-3-2-4-7-14/h2-11,18-20,27-30H,12H2,1H3,(H,23,24)(H,26,31)/b25-13-. The van der Waals surface area contributed by atoms with Gasteiger partial charge in [-0.15, -0.1) is 0 Å². The van der Waals surface area contributed by atoms with Crippen molar-refractivity contribution in [3.63, 3.8) is 0 Å². The van der Waals surface area contributed by atoms with Crippen LogP contribution in [-0.2, 0) is 0 Å². The summed E-state index contributed by atoms with van der Waals surface area (Å²) in [6.45, 7) is 0.909. The molecule has 0 saturated carbocycles. The normalized spacial score (nSPS) is 14.7. The molecule has 0 aliphatic heterocycles. The van der Waals surface area contributed by atoms with Crippen LogP contribution in [0, 0.1) is 0 Å². The molecule has 3 rings (SSSR count). The third kappa shape index (κ3) is 5.41. The van der Waals surface area contributed by atoms with Crippen LogP contribution in [0.5, 0.6) is 0 Å². The van der Waals surface area contributed by atoms with Crippen molar-refractivity contribution < 1.29 is 25.2 Å². The number of aromatic amines is 1. The zero-order valence-electron chi connectivity index (χ0n) is 16.8. The van der Waals surface area contributed by atoms with Crippen molar-refractivity contribution in [2.24, 2.45) is 5.10 Å². The maximum atomic E-state index is 12.5. The van der Waals surface area contributed by atoms with Crippen molar-refractivity contribution >= 4 is 11.6 Å². The zero-order chi connectivity index (χ0) is 22.4. The van der Waals surface area contributed by atoms with E-state index in [1.165, 1.54) is 6.20 Å². The Bertz CT molecular complexity index is 1050. The smallest absolute Gasteiger partial charge is 0.271 e. The Hall–Kier alpha value is -3.37. The first-order chi connectivity index (χ1) is 14.9. The van der Waals surface area contributed by atoms with Gasteiger partial charge in [0.05, 0.1) is 18.5 Å². The molecule has 3 atom stereocenters. The van der Waals surface area contributed by atoms with Crippen LogP contribution < -0.4 is 5.43 Å². The van der Waals surface area contributed by atoms with Gasteiger partial charge in [-0.05, 0) is 30.2 Å². The van der Waals surface area contributed by atoms with E-state index in [9.17, 15) is 20.1 Å². The molecule has 0 radical (unpaired) electrons. The van der Waals surface area contributed by atoms with Crippen LogP contribution in [-0.4, -0.2) is 60.8 Å². The third-order valence-electron chi connectivity index (χ3n) is 4.72. The van der Waals surface area contributed by atoms with Crippen LogP contribution in [0.2, 0.25) is 0 Å². The van der Waals surface area contributed by atoms with Gasteiger partial charge in [0.2, 0.25) is 0 Å². The van der Waals surface area contributed by atoms with Crippen LogP contribution in [0.1, 0.15) is 34.9 Å². The quantitative estimate of drug-likeness (QED) is 0.234. The number of hydrogen-bond donors (Lipinski definition) is 6. The number of aromatic nitrogens is 2. The molecular formula is C22H24N4O5. The average Bonchev–Trinajstić information content (AvgIpc) is 3.32. The van der Waals surface area contributed by atoms with Crippen molar-refractivity contribution in [1.29, 1.82) is 0 Å². The van der Waals surface area contributed by atoms with Crippen LogP contribution in [0.4, 0.5) is 0 Å². The Morgan fingerprint density at radius 2 is 1.81 bits per heavy atom. The molecule has 2 aromatic carbocycles. The molecule has 162 valence electrons. The lowest BCUT2D eigenvalue weighted by Crippen LogP contribution is -2.34. The summed E-state index contributed by atoms with van der Waals surface area (Å²) in [7, 11) is 0. The van der Waals surface area contributed by atoms with E-state index in [-0.39, 0.29) is 11.5 Å². The van der Waals surface area contributed by atoms with E-state index in [0.29, 0.717) is 11.3 Å². The van der Waals surface area contributed by atoms with E-state index >= 15 is 0 Å².